The van der Waals surface area contributed by atoms with Gasteiger partial charge in [0.15, 0.2) is 5.75 Å². The third kappa shape index (κ3) is 1.36. The number of hydrogen-bond acceptors (Lipinski definition) is 3. The first kappa shape index (κ1) is 8.77. The lowest BCUT2D eigenvalue weighted by Gasteiger charge is -2.02. The Morgan fingerprint density at radius 2 is 2.29 bits per heavy atom. The number of carbonyl (C=O) groups is 1. The number of primary amides is 1. The Labute approximate surface area is 80.9 Å². The summed E-state index contributed by atoms with van der Waals surface area (Å²) in [7, 11) is 0. The van der Waals surface area contributed by atoms with Crippen molar-refractivity contribution < 1.29 is 14.6 Å². The van der Waals surface area contributed by atoms with E-state index in [0.717, 1.165) is 5.56 Å². The highest BCUT2D eigenvalue weighted by Gasteiger charge is 2.15. The van der Waals surface area contributed by atoms with Gasteiger partial charge in [0.05, 0.1) is 0 Å². The molecule has 0 spiro atoms. The fourth-order valence-electron chi connectivity index (χ4n) is 1.26. The van der Waals surface area contributed by atoms with Crippen molar-refractivity contribution in [1.29, 1.82) is 0 Å². The van der Waals surface area contributed by atoms with Gasteiger partial charge in [0.2, 0.25) is 5.91 Å². The van der Waals surface area contributed by atoms with Crippen LogP contribution in [0.5, 0.6) is 5.75 Å². The summed E-state index contributed by atoms with van der Waals surface area (Å²) in [5, 5.41) is 0. The molecule has 72 valence electrons. The predicted octanol–water partition coefficient (Wildman–Crippen LogP) is 1.01. The molecule has 1 amide bonds. The zero-order chi connectivity index (χ0) is 10.1. The Balaban J connectivity index is 2.38. The van der Waals surface area contributed by atoms with Crippen LogP contribution in [-0.2, 0) is 16.3 Å². The number of hydrogen-bond donors (Lipinski definition) is 1. The molecule has 1 aromatic carbocycles. The minimum atomic E-state index is -0.523. The van der Waals surface area contributed by atoms with E-state index in [1.54, 1.807) is 18.2 Å². The van der Waals surface area contributed by atoms with Crippen LogP contribution in [0.2, 0.25) is 0 Å². The zero-order valence-electron chi connectivity index (χ0n) is 7.45. The minimum absolute atomic E-state index is 0.291. The second kappa shape index (κ2) is 3.16. The fraction of sp³-hybridized carbons (Fsp3) is 0.100. The van der Waals surface area contributed by atoms with Crippen LogP contribution in [0.1, 0.15) is 11.1 Å². The van der Waals surface area contributed by atoms with E-state index in [0.29, 0.717) is 23.5 Å². The van der Waals surface area contributed by atoms with E-state index >= 15 is 0 Å². The van der Waals surface area contributed by atoms with Gasteiger partial charge in [-0.15, -0.1) is 0 Å². The molecule has 4 heteroatoms. The summed E-state index contributed by atoms with van der Waals surface area (Å²) in [6.07, 6.45) is 0. The van der Waals surface area contributed by atoms with Crippen molar-refractivity contribution in [2.45, 2.75) is 6.61 Å². The summed E-state index contributed by atoms with van der Waals surface area (Å²) in [6.45, 7) is 3.98. The van der Waals surface area contributed by atoms with Gasteiger partial charge in [-0.3, -0.25) is 4.79 Å². The molecule has 0 aromatic heterocycles. The van der Waals surface area contributed by atoms with Crippen molar-refractivity contribution in [2.75, 3.05) is 0 Å². The van der Waals surface area contributed by atoms with Crippen molar-refractivity contribution >= 4 is 11.5 Å². The van der Waals surface area contributed by atoms with Gasteiger partial charge in [-0.1, -0.05) is 12.6 Å². The van der Waals surface area contributed by atoms with Crippen LogP contribution in [0, 0.1) is 0 Å². The number of benzene rings is 1. The third-order valence-corrected chi connectivity index (χ3v) is 2.07. The molecule has 1 aliphatic rings. The SMILES string of the molecule is C=C(C(N)=O)c1ccc2c(c1)COO2. The molecule has 0 bridgehead atoms. The van der Waals surface area contributed by atoms with Gasteiger partial charge in [0.25, 0.3) is 0 Å². The van der Waals surface area contributed by atoms with Gasteiger partial charge in [0, 0.05) is 11.1 Å². The zero-order valence-corrected chi connectivity index (χ0v) is 7.45. The average molecular weight is 191 g/mol. The third-order valence-electron chi connectivity index (χ3n) is 2.07. The molecule has 1 heterocycles. The normalized spacial score (nSPS) is 13.1. The van der Waals surface area contributed by atoms with Crippen molar-refractivity contribution in [3.05, 3.63) is 35.9 Å². The lowest BCUT2D eigenvalue weighted by atomic mass is 10.0. The van der Waals surface area contributed by atoms with Crippen LogP contribution < -0.4 is 10.6 Å². The van der Waals surface area contributed by atoms with E-state index in [9.17, 15) is 4.79 Å². The molecule has 0 aliphatic carbocycles. The lowest BCUT2D eigenvalue weighted by Crippen LogP contribution is -2.11. The highest BCUT2D eigenvalue weighted by atomic mass is 17.2. The van der Waals surface area contributed by atoms with Crippen LogP contribution >= 0.6 is 0 Å². The number of carbonyl (C=O) groups excluding carboxylic acids is 1. The van der Waals surface area contributed by atoms with E-state index in [4.69, 9.17) is 15.5 Å². The summed E-state index contributed by atoms with van der Waals surface area (Å²) < 4.78 is 0. The number of rotatable bonds is 2. The van der Waals surface area contributed by atoms with Crippen LogP contribution in [0.25, 0.3) is 5.57 Å². The Bertz CT molecular complexity index is 412. The Morgan fingerprint density at radius 1 is 1.50 bits per heavy atom. The highest BCUT2D eigenvalue weighted by Crippen LogP contribution is 2.28. The van der Waals surface area contributed by atoms with Crippen LogP contribution in [0.15, 0.2) is 24.8 Å². The quantitative estimate of drug-likeness (QED) is 0.560. The first-order chi connectivity index (χ1) is 6.68. The molecule has 0 saturated carbocycles. The number of nitrogens with two attached hydrogens (primary N) is 1. The Hall–Kier alpha value is -1.81. The average Bonchev–Trinajstić information content (AvgIpc) is 2.62. The molecule has 2 N–H and O–H groups in total. The van der Waals surface area contributed by atoms with Crippen LogP contribution in [0.4, 0.5) is 0 Å². The first-order valence-electron chi connectivity index (χ1n) is 4.10. The summed E-state index contributed by atoms with van der Waals surface area (Å²) in [5.41, 5.74) is 7.00. The molecule has 0 radical (unpaired) electrons. The second-order valence-electron chi connectivity index (χ2n) is 3.01. The van der Waals surface area contributed by atoms with Gasteiger partial charge < -0.3 is 10.6 Å². The van der Waals surface area contributed by atoms with E-state index in [1.165, 1.54) is 0 Å². The van der Waals surface area contributed by atoms with Gasteiger partial charge in [-0.2, -0.15) is 4.89 Å². The lowest BCUT2D eigenvalue weighted by molar-refractivity contribution is -0.194. The molecular formula is C10H9NO3. The van der Waals surface area contributed by atoms with Crippen molar-refractivity contribution in [3.63, 3.8) is 0 Å². The first-order valence-corrected chi connectivity index (χ1v) is 4.10. The molecule has 14 heavy (non-hydrogen) atoms. The van der Waals surface area contributed by atoms with Crippen LogP contribution in [0.3, 0.4) is 0 Å². The maximum Gasteiger partial charge on any atom is 0.248 e. The maximum absolute atomic E-state index is 10.9. The maximum atomic E-state index is 10.9. The molecule has 1 aromatic rings. The molecule has 4 nitrogen and oxygen atoms in total. The Kier molecular flexibility index (Phi) is 1.98. The molecule has 0 atom stereocenters. The molecule has 0 saturated heterocycles. The van der Waals surface area contributed by atoms with Gasteiger partial charge in [-0.25, -0.2) is 0 Å². The highest BCUT2D eigenvalue weighted by molar-refractivity contribution is 6.17. The smallest absolute Gasteiger partial charge is 0.248 e. The summed E-state index contributed by atoms with van der Waals surface area (Å²) in [6, 6.07) is 5.24. The molecule has 0 unspecified atom stereocenters. The number of fused-ring (bicyclic) bond motifs is 1. The fourth-order valence-corrected chi connectivity index (χ4v) is 1.26. The van der Waals surface area contributed by atoms with E-state index in [2.05, 4.69) is 6.58 Å². The Morgan fingerprint density at radius 3 is 3.00 bits per heavy atom. The monoisotopic (exact) mass is 191 g/mol. The molecule has 0 fully saturated rings. The predicted molar refractivity (Wildman–Crippen MR) is 50.1 cm³/mol. The van der Waals surface area contributed by atoms with Crippen molar-refractivity contribution in [3.8, 4) is 5.75 Å². The van der Waals surface area contributed by atoms with Gasteiger partial charge in [-0.05, 0) is 17.7 Å². The van der Waals surface area contributed by atoms with E-state index in [-0.39, 0.29) is 0 Å². The largest absolute Gasteiger partial charge is 0.366 e. The van der Waals surface area contributed by atoms with Gasteiger partial charge >= 0.3 is 0 Å². The van der Waals surface area contributed by atoms with E-state index < -0.39 is 5.91 Å². The second-order valence-corrected chi connectivity index (χ2v) is 3.01. The number of amides is 1. The minimum Gasteiger partial charge on any atom is -0.366 e. The molecule has 2 rings (SSSR count). The standard InChI is InChI=1S/C10H9NO3/c1-6(10(11)12)7-2-3-9-8(4-7)5-13-14-9/h2-4H,1,5H2,(H2,11,12). The molecule has 1 aliphatic heterocycles. The van der Waals surface area contributed by atoms with Crippen molar-refractivity contribution in [2.24, 2.45) is 5.73 Å². The summed E-state index contributed by atoms with van der Waals surface area (Å²) in [5.74, 6) is 0.149. The van der Waals surface area contributed by atoms with Crippen molar-refractivity contribution in [1.82, 2.24) is 0 Å². The summed E-state index contributed by atoms with van der Waals surface area (Å²) in [4.78, 5) is 20.5. The van der Waals surface area contributed by atoms with E-state index in [1.807, 2.05) is 0 Å². The summed E-state index contributed by atoms with van der Waals surface area (Å²) >= 11 is 0. The van der Waals surface area contributed by atoms with Crippen LogP contribution in [-0.4, -0.2) is 5.91 Å². The van der Waals surface area contributed by atoms with Gasteiger partial charge in [0.1, 0.15) is 6.61 Å². The molecular weight excluding hydrogens is 182 g/mol. The topological polar surface area (TPSA) is 61.6 Å².